The number of rotatable bonds is 5. The number of halogens is 1. The van der Waals surface area contributed by atoms with Crippen molar-refractivity contribution >= 4 is 41.3 Å². The summed E-state index contributed by atoms with van der Waals surface area (Å²) in [5.41, 5.74) is 8.46. The van der Waals surface area contributed by atoms with Crippen LogP contribution in [0.25, 0.3) is 0 Å². The van der Waals surface area contributed by atoms with Crippen LogP contribution >= 0.6 is 24.0 Å². The van der Waals surface area contributed by atoms with Gasteiger partial charge in [-0.05, 0) is 24.1 Å². The second-order valence-corrected chi connectivity index (χ2v) is 4.77. The van der Waals surface area contributed by atoms with Crippen LogP contribution < -0.4 is 11.1 Å². The lowest BCUT2D eigenvalue weighted by Crippen LogP contribution is -2.22. The molecule has 0 atom stereocenters. The van der Waals surface area contributed by atoms with Crippen molar-refractivity contribution in [1.82, 2.24) is 0 Å². The third-order valence-corrected chi connectivity index (χ3v) is 3.22. The lowest BCUT2D eigenvalue weighted by molar-refractivity contribution is -0.385. The maximum absolute atomic E-state index is 10.9. The van der Waals surface area contributed by atoms with Crippen molar-refractivity contribution in [3.8, 4) is 0 Å². The molecular formula is C16H19IN4O2. The number of nitrogens with two attached hydrogens (primary N) is 1. The monoisotopic (exact) mass is 426 g/mol. The summed E-state index contributed by atoms with van der Waals surface area (Å²) in [5.74, 6) is 0.228. The van der Waals surface area contributed by atoms with Gasteiger partial charge >= 0.3 is 0 Å². The minimum Gasteiger partial charge on any atom is -0.370 e. The first-order chi connectivity index (χ1) is 10.6. The number of hydrogen-bond acceptors (Lipinski definition) is 3. The van der Waals surface area contributed by atoms with Gasteiger partial charge in [-0.2, -0.15) is 0 Å². The van der Waals surface area contributed by atoms with Crippen LogP contribution in [0, 0.1) is 10.1 Å². The zero-order chi connectivity index (χ0) is 15.9. The van der Waals surface area contributed by atoms with Crippen molar-refractivity contribution in [1.29, 1.82) is 0 Å². The van der Waals surface area contributed by atoms with E-state index < -0.39 is 4.92 Å². The summed E-state index contributed by atoms with van der Waals surface area (Å²) >= 11 is 0. The standard InChI is InChI=1S/C16H18N4O2.HI/c1-2-12-6-5-8-14(10-12)19-16(17)18-11-13-7-3-4-9-15(13)20(21)22;/h3-10H,2,11H2,1H3,(H3,17,18,19);1H. The molecule has 0 amide bonds. The third kappa shape index (κ3) is 5.51. The number of nitrogens with one attached hydrogen (secondary N) is 1. The van der Waals surface area contributed by atoms with Crippen molar-refractivity contribution < 1.29 is 4.92 Å². The van der Waals surface area contributed by atoms with Crippen LogP contribution in [-0.2, 0) is 13.0 Å². The van der Waals surface area contributed by atoms with Gasteiger partial charge in [0.05, 0.1) is 17.0 Å². The molecule has 0 saturated carbocycles. The highest BCUT2D eigenvalue weighted by atomic mass is 127. The number of nitrogens with zero attached hydrogens (tertiary/aromatic N) is 2. The number of aliphatic imine (C=N–C) groups is 1. The molecule has 6 nitrogen and oxygen atoms in total. The molecule has 3 N–H and O–H groups in total. The summed E-state index contributed by atoms with van der Waals surface area (Å²) in [6.45, 7) is 2.23. The maximum atomic E-state index is 10.9. The number of aryl methyl sites for hydroxylation is 1. The summed E-state index contributed by atoms with van der Waals surface area (Å²) in [6, 6.07) is 14.4. The molecule has 0 aliphatic rings. The van der Waals surface area contributed by atoms with Gasteiger partial charge in [0.15, 0.2) is 5.96 Å². The summed E-state index contributed by atoms with van der Waals surface area (Å²) in [4.78, 5) is 14.7. The Morgan fingerprint density at radius 3 is 2.70 bits per heavy atom. The Labute approximate surface area is 152 Å². The smallest absolute Gasteiger partial charge is 0.274 e. The third-order valence-electron chi connectivity index (χ3n) is 3.22. The maximum Gasteiger partial charge on any atom is 0.274 e. The number of para-hydroxylation sites is 1. The van der Waals surface area contributed by atoms with E-state index in [0.29, 0.717) is 5.56 Å². The van der Waals surface area contributed by atoms with E-state index in [2.05, 4.69) is 17.2 Å². The minimum absolute atomic E-state index is 0. The zero-order valence-electron chi connectivity index (χ0n) is 12.7. The molecule has 7 heteroatoms. The van der Waals surface area contributed by atoms with Crippen LogP contribution in [0.5, 0.6) is 0 Å². The average molecular weight is 426 g/mol. The Morgan fingerprint density at radius 1 is 1.26 bits per heavy atom. The predicted octanol–water partition coefficient (Wildman–Crippen LogP) is 3.70. The lowest BCUT2D eigenvalue weighted by Gasteiger charge is -2.07. The summed E-state index contributed by atoms with van der Waals surface area (Å²) in [7, 11) is 0. The van der Waals surface area contributed by atoms with Gasteiger partial charge in [0.1, 0.15) is 0 Å². The van der Waals surface area contributed by atoms with Crippen molar-refractivity contribution in [2.45, 2.75) is 19.9 Å². The van der Waals surface area contributed by atoms with Gasteiger partial charge in [0.25, 0.3) is 5.69 Å². The molecule has 0 aromatic heterocycles. The number of nitro groups is 1. The average Bonchev–Trinajstić information content (AvgIpc) is 2.53. The fourth-order valence-corrected chi connectivity index (χ4v) is 2.05. The first kappa shape index (κ1) is 18.9. The molecule has 2 rings (SSSR count). The number of nitro benzene ring substituents is 1. The normalized spacial score (nSPS) is 10.7. The van der Waals surface area contributed by atoms with Gasteiger partial charge < -0.3 is 11.1 Å². The van der Waals surface area contributed by atoms with E-state index in [9.17, 15) is 10.1 Å². The van der Waals surface area contributed by atoms with Crippen molar-refractivity contribution in [2.24, 2.45) is 10.7 Å². The fraction of sp³-hybridized carbons (Fsp3) is 0.188. The molecule has 0 radical (unpaired) electrons. The van der Waals surface area contributed by atoms with E-state index in [0.717, 1.165) is 12.1 Å². The molecule has 2 aromatic carbocycles. The van der Waals surface area contributed by atoms with E-state index in [1.54, 1.807) is 18.2 Å². The van der Waals surface area contributed by atoms with E-state index >= 15 is 0 Å². The van der Waals surface area contributed by atoms with E-state index in [4.69, 9.17) is 5.73 Å². The second kappa shape index (κ2) is 9.09. The Balaban J connectivity index is 0.00000264. The number of guanidine groups is 1. The SMILES string of the molecule is CCc1cccc(NC(N)=NCc2ccccc2[N+](=O)[O-])c1.I. The van der Waals surface area contributed by atoms with E-state index in [1.165, 1.54) is 11.6 Å². The molecule has 0 aliphatic heterocycles. The van der Waals surface area contributed by atoms with E-state index in [1.807, 2.05) is 24.3 Å². The molecular weight excluding hydrogens is 407 g/mol. The highest BCUT2D eigenvalue weighted by Crippen LogP contribution is 2.18. The highest BCUT2D eigenvalue weighted by molar-refractivity contribution is 14.0. The molecule has 0 saturated heterocycles. The number of anilines is 1. The molecule has 0 fully saturated rings. The lowest BCUT2D eigenvalue weighted by atomic mass is 10.1. The van der Waals surface area contributed by atoms with Crippen LogP contribution in [0.2, 0.25) is 0 Å². The molecule has 0 unspecified atom stereocenters. The van der Waals surface area contributed by atoms with Gasteiger partial charge in [0.2, 0.25) is 0 Å². The Hall–Kier alpha value is -2.16. The number of benzene rings is 2. The molecule has 0 heterocycles. The molecule has 122 valence electrons. The van der Waals surface area contributed by atoms with Gasteiger partial charge in [-0.1, -0.05) is 37.3 Å². The first-order valence-corrected chi connectivity index (χ1v) is 6.98. The molecule has 23 heavy (non-hydrogen) atoms. The minimum atomic E-state index is -0.417. The Bertz CT molecular complexity index is 704. The van der Waals surface area contributed by atoms with Crippen molar-refractivity contribution in [3.05, 3.63) is 69.8 Å². The van der Waals surface area contributed by atoms with Gasteiger partial charge in [0, 0.05) is 11.8 Å². The van der Waals surface area contributed by atoms with Gasteiger partial charge in [-0.25, -0.2) is 4.99 Å². The second-order valence-electron chi connectivity index (χ2n) is 4.77. The van der Waals surface area contributed by atoms with Crippen molar-refractivity contribution in [3.63, 3.8) is 0 Å². The molecule has 0 spiro atoms. The largest absolute Gasteiger partial charge is 0.370 e. The van der Waals surface area contributed by atoms with Crippen LogP contribution in [0.4, 0.5) is 11.4 Å². The quantitative estimate of drug-likeness (QED) is 0.251. The summed E-state index contributed by atoms with van der Waals surface area (Å²) in [6.07, 6.45) is 0.933. The van der Waals surface area contributed by atoms with E-state index in [-0.39, 0.29) is 42.2 Å². The van der Waals surface area contributed by atoms with Crippen LogP contribution in [0.3, 0.4) is 0 Å². The summed E-state index contributed by atoms with van der Waals surface area (Å²) in [5, 5.41) is 13.9. The molecule has 2 aromatic rings. The van der Waals surface area contributed by atoms with Crippen LogP contribution in [-0.4, -0.2) is 10.9 Å². The molecule has 0 aliphatic carbocycles. The predicted molar refractivity (Wildman–Crippen MR) is 103 cm³/mol. The number of hydrogen-bond donors (Lipinski definition) is 2. The summed E-state index contributed by atoms with van der Waals surface area (Å²) < 4.78 is 0. The highest BCUT2D eigenvalue weighted by Gasteiger charge is 2.11. The molecule has 0 bridgehead atoms. The fourth-order valence-electron chi connectivity index (χ4n) is 2.05. The first-order valence-electron chi connectivity index (χ1n) is 6.98. The Morgan fingerprint density at radius 2 is 2.00 bits per heavy atom. The van der Waals surface area contributed by atoms with Crippen LogP contribution in [0.1, 0.15) is 18.1 Å². The van der Waals surface area contributed by atoms with Crippen LogP contribution in [0.15, 0.2) is 53.5 Å². The van der Waals surface area contributed by atoms with Crippen molar-refractivity contribution in [2.75, 3.05) is 5.32 Å². The van der Waals surface area contributed by atoms with Gasteiger partial charge in [-0.15, -0.1) is 24.0 Å². The zero-order valence-corrected chi connectivity index (χ0v) is 15.1. The topological polar surface area (TPSA) is 93.5 Å². The van der Waals surface area contributed by atoms with Gasteiger partial charge in [-0.3, -0.25) is 10.1 Å². The Kier molecular flexibility index (Phi) is 7.46.